The van der Waals surface area contributed by atoms with Crippen LogP contribution in [-0.2, 0) is 23.8 Å². The van der Waals surface area contributed by atoms with Crippen LogP contribution in [0.5, 0.6) is 0 Å². The van der Waals surface area contributed by atoms with Gasteiger partial charge < -0.3 is 14.2 Å². The molecule has 0 aliphatic heterocycles. The van der Waals surface area contributed by atoms with E-state index in [4.69, 9.17) is 14.2 Å². The van der Waals surface area contributed by atoms with Crippen molar-refractivity contribution in [3.8, 4) is 0 Å². The Hall–Kier alpha value is -1.10. The van der Waals surface area contributed by atoms with Gasteiger partial charge in [0.2, 0.25) is 0 Å². The Bertz CT molecular complexity index is 295. The summed E-state index contributed by atoms with van der Waals surface area (Å²) in [6.07, 6.45) is 0.984. The molecule has 5 nitrogen and oxygen atoms in total. The highest BCUT2D eigenvalue weighted by Crippen LogP contribution is 2.39. The number of ether oxygens (including phenoxy) is 3. The van der Waals surface area contributed by atoms with Gasteiger partial charge in [-0.1, -0.05) is 20.3 Å². The van der Waals surface area contributed by atoms with Crippen molar-refractivity contribution in [2.45, 2.75) is 60.5 Å². The minimum Gasteiger partial charge on any atom is -0.465 e. The van der Waals surface area contributed by atoms with Gasteiger partial charge >= 0.3 is 11.9 Å². The van der Waals surface area contributed by atoms with E-state index in [1.54, 1.807) is 20.8 Å². The fourth-order valence-electron chi connectivity index (χ4n) is 2.76. The van der Waals surface area contributed by atoms with Crippen molar-refractivity contribution in [3.05, 3.63) is 0 Å². The second kappa shape index (κ2) is 9.77. The quantitative estimate of drug-likeness (QED) is 0.458. The van der Waals surface area contributed by atoms with Gasteiger partial charge in [0, 0.05) is 6.61 Å². The number of carbonyl (C=O) groups excluding carboxylic acids is 2. The average Bonchev–Trinajstić information content (AvgIpc) is 2.40. The molecule has 0 saturated heterocycles. The van der Waals surface area contributed by atoms with Gasteiger partial charge in [-0.2, -0.15) is 0 Å². The molecule has 124 valence electrons. The summed E-state index contributed by atoms with van der Waals surface area (Å²) in [6.45, 7) is 11.8. The predicted molar refractivity (Wildman–Crippen MR) is 80.9 cm³/mol. The standard InChI is InChI=1S/C16H30O5/c1-7-11-12(5)16(13(6)19-8-2,14(17)20-9-3)15(18)21-10-4/h12-13H,7-11H2,1-6H3/t12-,13-/m0/s1. The van der Waals surface area contributed by atoms with Crippen LogP contribution in [0.4, 0.5) is 0 Å². The van der Waals surface area contributed by atoms with Crippen LogP contribution >= 0.6 is 0 Å². The highest BCUT2D eigenvalue weighted by molar-refractivity contribution is 6.01. The smallest absolute Gasteiger partial charge is 0.326 e. The van der Waals surface area contributed by atoms with Crippen LogP contribution < -0.4 is 0 Å². The predicted octanol–water partition coefficient (Wildman–Crippen LogP) is 2.96. The molecule has 0 unspecified atom stereocenters. The molecular formula is C16H30O5. The molecule has 0 saturated carbocycles. The van der Waals surface area contributed by atoms with Crippen molar-refractivity contribution in [2.75, 3.05) is 19.8 Å². The molecular weight excluding hydrogens is 272 g/mol. The molecule has 0 rings (SSSR count). The Kier molecular flexibility index (Phi) is 9.26. The normalized spacial score (nSPS) is 14.4. The summed E-state index contributed by atoms with van der Waals surface area (Å²) in [4.78, 5) is 25.2. The Morgan fingerprint density at radius 1 is 0.905 bits per heavy atom. The lowest BCUT2D eigenvalue weighted by molar-refractivity contribution is -0.189. The molecule has 2 atom stereocenters. The molecule has 0 amide bonds. The van der Waals surface area contributed by atoms with E-state index >= 15 is 0 Å². The van der Waals surface area contributed by atoms with Gasteiger partial charge in [-0.05, 0) is 40.0 Å². The first-order valence-electron chi connectivity index (χ1n) is 7.89. The molecule has 0 aliphatic rings. The van der Waals surface area contributed by atoms with E-state index in [1.807, 2.05) is 20.8 Å². The zero-order chi connectivity index (χ0) is 16.5. The van der Waals surface area contributed by atoms with Gasteiger partial charge in [0.05, 0.1) is 19.3 Å². The van der Waals surface area contributed by atoms with E-state index in [-0.39, 0.29) is 19.1 Å². The van der Waals surface area contributed by atoms with Crippen LogP contribution in [0.25, 0.3) is 0 Å². The first-order valence-corrected chi connectivity index (χ1v) is 7.89. The summed E-state index contributed by atoms with van der Waals surface area (Å²) in [6, 6.07) is 0. The summed E-state index contributed by atoms with van der Waals surface area (Å²) in [5, 5.41) is 0. The molecule has 5 heteroatoms. The molecule has 0 aromatic heterocycles. The average molecular weight is 302 g/mol. The molecule has 0 N–H and O–H groups in total. The van der Waals surface area contributed by atoms with Gasteiger partial charge in [-0.25, -0.2) is 0 Å². The number of rotatable bonds is 10. The van der Waals surface area contributed by atoms with Gasteiger partial charge in [-0.3, -0.25) is 9.59 Å². The van der Waals surface area contributed by atoms with E-state index < -0.39 is 23.5 Å². The molecule has 0 fully saturated rings. The first-order chi connectivity index (χ1) is 9.93. The summed E-state index contributed by atoms with van der Waals surface area (Å²) in [7, 11) is 0. The molecule has 0 aromatic rings. The van der Waals surface area contributed by atoms with Crippen molar-refractivity contribution in [1.29, 1.82) is 0 Å². The Morgan fingerprint density at radius 3 is 1.71 bits per heavy atom. The molecule has 0 aromatic carbocycles. The maximum Gasteiger partial charge on any atom is 0.326 e. The van der Waals surface area contributed by atoms with E-state index in [9.17, 15) is 9.59 Å². The third-order valence-electron chi connectivity index (χ3n) is 3.78. The third kappa shape index (κ3) is 4.43. The van der Waals surface area contributed by atoms with Gasteiger partial charge in [0.25, 0.3) is 0 Å². The van der Waals surface area contributed by atoms with Crippen LogP contribution in [0, 0.1) is 11.3 Å². The van der Waals surface area contributed by atoms with Crippen molar-refractivity contribution < 1.29 is 23.8 Å². The summed E-state index contributed by atoms with van der Waals surface area (Å²) in [5.74, 6) is -1.32. The van der Waals surface area contributed by atoms with Gasteiger partial charge in [0.15, 0.2) is 5.41 Å². The Morgan fingerprint density at radius 2 is 1.38 bits per heavy atom. The zero-order valence-electron chi connectivity index (χ0n) is 14.2. The van der Waals surface area contributed by atoms with E-state index in [0.29, 0.717) is 6.61 Å². The Balaban J connectivity index is 5.79. The zero-order valence-corrected chi connectivity index (χ0v) is 14.2. The first kappa shape index (κ1) is 19.9. The van der Waals surface area contributed by atoms with Crippen molar-refractivity contribution in [2.24, 2.45) is 11.3 Å². The lowest BCUT2D eigenvalue weighted by Gasteiger charge is -2.38. The monoisotopic (exact) mass is 302 g/mol. The van der Waals surface area contributed by atoms with Crippen LogP contribution in [0.15, 0.2) is 0 Å². The number of hydrogen-bond acceptors (Lipinski definition) is 5. The topological polar surface area (TPSA) is 61.8 Å². The van der Waals surface area contributed by atoms with E-state index in [0.717, 1.165) is 12.8 Å². The van der Waals surface area contributed by atoms with Gasteiger partial charge in [0.1, 0.15) is 0 Å². The van der Waals surface area contributed by atoms with Crippen molar-refractivity contribution in [1.82, 2.24) is 0 Å². The van der Waals surface area contributed by atoms with E-state index in [1.165, 1.54) is 0 Å². The highest BCUT2D eigenvalue weighted by atomic mass is 16.6. The van der Waals surface area contributed by atoms with Crippen LogP contribution in [0.3, 0.4) is 0 Å². The lowest BCUT2D eigenvalue weighted by atomic mass is 9.70. The summed E-state index contributed by atoms with van der Waals surface area (Å²) < 4.78 is 16.0. The SMILES string of the molecule is CCC[C@H](C)C(C(=O)OCC)(C(=O)OCC)[C@H](C)OCC. The highest BCUT2D eigenvalue weighted by Gasteiger charge is 2.57. The van der Waals surface area contributed by atoms with Crippen LogP contribution in [-0.4, -0.2) is 37.9 Å². The summed E-state index contributed by atoms with van der Waals surface area (Å²) >= 11 is 0. The van der Waals surface area contributed by atoms with E-state index in [2.05, 4.69) is 0 Å². The molecule has 0 spiro atoms. The molecule has 0 radical (unpaired) electrons. The van der Waals surface area contributed by atoms with Crippen LogP contribution in [0.1, 0.15) is 54.4 Å². The fourth-order valence-corrected chi connectivity index (χ4v) is 2.76. The maximum atomic E-state index is 12.6. The maximum absolute atomic E-state index is 12.6. The Labute approximate surface area is 128 Å². The largest absolute Gasteiger partial charge is 0.465 e. The van der Waals surface area contributed by atoms with Crippen LogP contribution in [0.2, 0.25) is 0 Å². The number of esters is 2. The van der Waals surface area contributed by atoms with Gasteiger partial charge in [-0.15, -0.1) is 0 Å². The number of carbonyl (C=O) groups is 2. The third-order valence-corrected chi connectivity index (χ3v) is 3.78. The molecule has 0 heterocycles. The minimum atomic E-state index is -1.40. The van der Waals surface area contributed by atoms with Crippen molar-refractivity contribution in [3.63, 3.8) is 0 Å². The number of hydrogen-bond donors (Lipinski definition) is 0. The molecule has 0 aliphatic carbocycles. The molecule has 0 bridgehead atoms. The minimum absolute atomic E-state index is 0.220. The lowest BCUT2D eigenvalue weighted by Crippen LogP contribution is -2.55. The molecule has 21 heavy (non-hydrogen) atoms. The second-order valence-electron chi connectivity index (χ2n) is 5.10. The second-order valence-corrected chi connectivity index (χ2v) is 5.10. The summed E-state index contributed by atoms with van der Waals surface area (Å²) in [5.41, 5.74) is -1.40. The van der Waals surface area contributed by atoms with Crippen molar-refractivity contribution >= 4 is 11.9 Å². The fraction of sp³-hybridized carbons (Fsp3) is 0.875.